The summed E-state index contributed by atoms with van der Waals surface area (Å²) in [6.07, 6.45) is 0. The van der Waals surface area contributed by atoms with Gasteiger partial charge < -0.3 is 14.8 Å². The van der Waals surface area contributed by atoms with Gasteiger partial charge in [-0.1, -0.05) is 23.7 Å². The molecular formula is C15H14ClF2NO2. The molecule has 2 rings (SSSR count). The third-order valence-corrected chi connectivity index (χ3v) is 3.07. The van der Waals surface area contributed by atoms with E-state index in [0.29, 0.717) is 23.0 Å². The third kappa shape index (κ3) is 4.49. The average molecular weight is 314 g/mol. The van der Waals surface area contributed by atoms with Gasteiger partial charge in [0.25, 0.3) is 0 Å². The Hall–Kier alpha value is -2.01. The highest BCUT2D eigenvalue weighted by Gasteiger charge is 2.05. The molecule has 0 radical (unpaired) electrons. The summed E-state index contributed by atoms with van der Waals surface area (Å²) in [5.41, 5.74) is 1.63. The Labute approximate surface area is 126 Å². The number of methoxy groups -OCH3 is 1. The van der Waals surface area contributed by atoms with Crippen molar-refractivity contribution in [1.29, 1.82) is 0 Å². The molecule has 3 nitrogen and oxygen atoms in total. The highest BCUT2D eigenvalue weighted by molar-refractivity contribution is 6.32. The largest absolute Gasteiger partial charge is 0.495 e. The number of hydrogen-bond donors (Lipinski definition) is 1. The van der Waals surface area contributed by atoms with Gasteiger partial charge in [-0.2, -0.15) is 8.78 Å². The van der Waals surface area contributed by atoms with Gasteiger partial charge in [0, 0.05) is 18.3 Å². The fourth-order valence-corrected chi connectivity index (χ4v) is 2.09. The van der Waals surface area contributed by atoms with E-state index in [1.165, 1.54) is 12.1 Å². The van der Waals surface area contributed by atoms with Gasteiger partial charge in [-0.25, -0.2) is 0 Å². The molecule has 0 aliphatic carbocycles. The molecule has 0 amide bonds. The maximum absolute atomic E-state index is 12.1. The van der Waals surface area contributed by atoms with Crippen molar-refractivity contribution in [1.82, 2.24) is 0 Å². The topological polar surface area (TPSA) is 30.5 Å². The maximum Gasteiger partial charge on any atom is 0.387 e. The molecule has 2 aromatic carbocycles. The number of nitrogens with one attached hydrogen (secondary N) is 1. The van der Waals surface area contributed by atoms with Gasteiger partial charge in [-0.05, 0) is 29.8 Å². The van der Waals surface area contributed by atoms with Crippen LogP contribution in [0, 0.1) is 0 Å². The van der Waals surface area contributed by atoms with E-state index in [2.05, 4.69) is 10.1 Å². The van der Waals surface area contributed by atoms with Crippen molar-refractivity contribution in [3.8, 4) is 11.5 Å². The van der Waals surface area contributed by atoms with Gasteiger partial charge in [0.05, 0.1) is 12.1 Å². The van der Waals surface area contributed by atoms with Crippen LogP contribution < -0.4 is 14.8 Å². The second-order valence-corrected chi connectivity index (χ2v) is 4.64. The van der Waals surface area contributed by atoms with Crippen LogP contribution in [0.4, 0.5) is 14.5 Å². The minimum Gasteiger partial charge on any atom is -0.495 e. The minimum atomic E-state index is -2.83. The van der Waals surface area contributed by atoms with Crippen LogP contribution in [0.5, 0.6) is 11.5 Å². The Morgan fingerprint density at radius 2 is 2.00 bits per heavy atom. The summed E-state index contributed by atoms with van der Waals surface area (Å²) in [4.78, 5) is 0. The van der Waals surface area contributed by atoms with E-state index < -0.39 is 6.61 Å². The molecule has 0 saturated carbocycles. The molecule has 0 atom stereocenters. The molecule has 0 spiro atoms. The van der Waals surface area contributed by atoms with Crippen molar-refractivity contribution in [2.45, 2.75) is 13.2 Å². The average Bonchev–Trinajstić information content (AvgIpc) is 2.45. The van der Waals surface area contributed by atoms with Crippen molar-refractivity contribution >= 4 is 17.3 Å². The van der Waals surface area contributed by atoms with Crippen molar-refractivity contribution in [3.63, 3.8) is 0 Å². The number of rotatable bonds is 6. The number of hydrogen-bond acceptors (Lipinski definition) is 3. The van der Waals surface area contributed by atoms with E-state index in [1.807, 2.05) is 6.07 Å². The third-order valence-electron chi connectivity index (χ3n) is 2.77. The zero-order valence-corrected chi connectivity index (χ0v) is 12.0. The minimum absolute atomic E-state index is 0.114. The van der Waals surface area contributed by atoms with Crippen LogP contribution >= 0.6 is 11.6 Å². The van der Waals surface area contributed by atoms with Crippen LogP contribution in [-0.4, -0.2) is 13.7 Å². The first-order valence-electron chi connectivity index (χ1n) is 6.19. The van der Waals surface area contributed by atoms with Crippen molar-refractivity contribution in [2.75, 3.05) is 12.4 Å². The Morgan fingerprint density at radius 1 is 1.19 bits per heavy atom. The highest BCUT2D eigenvalue weighted by atomic mass is 35.5. The lowest BCUT2D eigenvalue weighted by Crippen LogP contribution is -2.03. The quantitative estimate of drug-likeness (QED) is 0.848. The zero-order valence-electron chi connectivity index (χ0n) is 11.3. The number of halogens is 3. The molecule has 1 N–H and O–H groups in total. The molecule has 6 heteroatoms. The fourth-order valence-electron chi connectivity index (χ4n) is 1.81. The van der Waals surface area contributed by atoms with Crippen molar-refractivity contribution in [3.05, 3.63) is 53.1 Å². The normalized spacial score (nSPS) is 10.5. The standard InChI is InChI=1S/C15H14ClF2NO2/c1-20-14-6-5-10(7-13(14)16)9-19-11-3-2-4-12(8-11)21-15(17)18/h2-8,15,19H,9H2,1H3. The summed E-state index contributed by atoms with van der Waals surface area (Å²) >= 11 is 6.04. The predicted octanol–water partition coefficient (Wildman–Crippen LogP) is 4.56. The predicted molar refractivity (Wildman–Crippen MR) is 78.4 cm³/mol. The fraction of sp³-hybridized carbons (Fsp3) is 0.200. The van der Waals surface area contributed by atoms with Crippen LogP contribution in [-0.2, 0) is 6.54 Å². The molecule has 0 aliphatic heterocycles. The summed E-state index contributed by atoms with van der Waals surface area (Å²) < 4.78 is 33.7. The van der Waals surface area contributed by atoms with Crippen LogP contribution in [0.15, 0.2) is 42.5 Å². The molecular weight excluding hydrogens is 300 g/mol. The lowest BCUT2D eigenvalue weighted by atomic mass is 10.2. The van der Waals surface area contributed by atoms with E-state index >= 15 is 0 Å². The van der Waals surface area contributed by atoms with Crippen LogP contribution in [0.25, 0.3) is 0 Å². The first-order chi connectivity index (χ1) is 10.1. The summed E-state index contributed by atoms with van der Waals surface area (Å²) in [6, 6.07) is 11.8. The van der Waals surface area contributed by atoms with E-state index in [-0.39, 0.29) is 5.75 Å². The van der Waals surface area contributed by atoms with Crippen molar-refractivity contribution in [2.24, 2.45) is 0 Å². The van der Waals surface area contributed by atoms with E-state index in [0.717, 1.165) is 5.56 Å². The SMILES string of the molecule is COc1ccc(CNc2cccc(OC(F)F)c2)cc1Cl. The van der Waals surface area contributed by atoms with Gasteiger partial charge in [-0.3, -0.25) is 0 Å². The molecule has 0 heterocycles. The molecule has 112 valence electrons. The van der Waals surface area contributed by atoms with E-state index in [4.69, 9.17) is 16.3 Å². The Balaban J connectivity index is 2.01. The molecule has 21 heavy (non-hydrogen) atoms. The number of ether oxygens (including phenoxy) is 2. The Bertz CT molecular complexity index is 608. The van der Waals surface area contributed by atoms with Gasteiger partial charge in [0.1, 0.15) is 11.5 Å². The summed E-state index contributed by atoms with van der Waals surface area (Å²) in [5.74, 6) is 0.718. The molecule has 0 unspecified atom stereocenters. The number of benzene rings is 2. The highest BCUT2D eigenvalue weighted by Crippen LogP contribution is 2.25. The van der Waals surface area contributed by atoms with Gasteiger partial charge in [0.15, 0.2) is 0 Å². The molecule has 0 aromatic heterocycles. The zero-order chi connectivity index (χ0) is 15.2. The first kappa shape index (κ1) is 15.4. The smallest absolute Gasteiger partial charge is 0.387 e. The van der Waals surface area contributed by atoms with Crippen molar-refractivity contribution < 1.29 is 18.3 Å². The summed E-state index contributed by atoms with van der Waals surface area (Å²) in [5, 5.41) is 3.63. The molecule has 0 bridgehead atoms. The van der Waals surface area contributed by atoms with Crippen LogP contribution in [0.2, 0.25) is 5.02 Å². The number of alkyl halides is 2. The van der Waals surface area contributed by atoms with Gasteiger partial charge in [0.2, 0.25) is 0 Å². The van der Waals surface area contributed by atoms with Gasteiger partial charge >= 0.3 is 6.61 Å². The lowest BCUT2D eigenvalue weighted by Gasteiger charge is -2.10. The van der Waals surface area contributed by atoms with E-state index in [9.17, 15) is 8.78 Å². The number of anilines is 1. The molecule has 0 aliphatic rings. The Morgan fingerprint density at radius 3 is 2.67 bits per heavy atom. The van der Waals surface area contributed by atoms with Crippen LogP contribution in [0.3, 0.4) is 0 Å². The van der Waals surface area contributed by atoms with Crippen LogP contribution in [0.1, 0.15) is 5.56 Å². The molecule has 0 fully saturated rings. The van der Waals surface area contributed by atoms with E-state index in [1.54, 1.807) is 31.4 Å². The maximum atomic E-state index is 12.1. The second-order valence-electron chi connectivity index (χ2n) is 4.23. The van der Waals surface area contributed by atoms with Gasteiger partial charge in [-0.15, -0.1) is 0 Å². The Kier molecular flexibility index (Phi) is 5.22. The first-order valence-corrected chi connectivity index (χ1v) is 6.57. The lowest BCUT2D eigenvalue weighted by molar-refractivity contribution is -0.0498. The second kappa shape index (κ2) is 7.13. The summed E-state index contributed by atoms with van der Waals surface area (Å²) in [6.45, 7) is -2.33. The summed E-state index contributed by atoms with van der Waals surface area (Å²) in [7, 11) is 1.55. The monoisotopic (exact) mass is 313 g/mol. The molecule has 0 saturated heterocycles. The molecule has 2 aromatic rings.